The van der Waals surface area contributed by atoms with E-state index >= 15 is 0 Å². The molecular weight excluding hydrogens is 547 g/mol. The number of thiophene rings is 3. The molecule has 0 spiro atoms. The molecule has 40 heavy (non-hydrogen) atoms. The molecule has 186 valence electrons. The smallest absolute Gasteiger partial charge is 0.116 e. The van der Waals surface area contributed by atoms with Gasteiger partial charge in [0.15, 0.2) is 0 Å². The first-order valence-electron chi connectivity index (χ1n) is 13.2. The zero-order chi connectivity index (χ0) is 25.9. The molecule has 10 rings (SSSR count). The van der Waals surface area contributed by atoms with Crippen molar-refractivity contribution in [1.82, 2.24) is 14.5 Å². The van der Waals surface area contributed by atoms with Crippen LogP contribution in [0.4, 0.5) is 0 Å². The van der Waals surface area contributed by atoms with Crippen molar-refractivity contribution in [2.75, 3.05) is 0 Å². The standard InChI is InChI=1S/C34H17N3S3/c1-4-12-22-20(9-1)27-28-21-10-3-6-15-25(21)39-33(28)29-30-26(16-35-17-36-30)40-34(29)31(27)37(22)23-13-7-11-19-18-8-2-5-14-24(18)38-32(19)23/h1-17H. The van der Waals surface area contributed by atoms with Crippen molar-refractivity contribution < 1.29 is 0 Å². The second-order valence-corrected chi connectivity index (χ2v) is 13.3. The molecule has 10 aromatic rings. The number of para-hydroxylation sites is 1. The maximum atomic E-state index is 4.83. The predicted octanol–water partition coefficient (Wildman–Crippen LogP) is 10.7. The van der Waals surface area contributed by atoms with Gasteiger partial charge in [0.25, 0.3) is 0 Å². The minimum atomic E-state index is 1.05. The minimum Gasteiger partial charge on any atom is -0.306 e. The van der Waals surface area contributed by atoms with Gasteiger partial charge in [0.05, 0.1) is 36.3 Å². The van der Waals surface area contributed by atoms with E-state index in [-0.39, 0.29) is 0 Å². The monoisotopic (exact) mass is 563 g/mol. The summed E-state index contributed by atoms with van der Waals surface area (Å²) >= 11 is 5.58. The third kappa shape index (κ3) is 2.59. The summed E-state index contributed by atoms with van der Waals surface area (Å²) in [5.41, 5.74) is 4.77. The molecule has 0 amide bonds. The van der Waals surface area contributed by atoms with Gasteiger partial charge in [-0.1, -0.05) is 66.7 Å². The van der Waals surface area contributed by atoms with Crippen LogP contribution in [0.3, 0.4) is 0 Å². The SMILES string of the molecule is c1ccc2c(c1)sc1c(-n3c4ccccc4c4c5c6ccccc6sc5c5c6ncncc6sc5c43)cccc12. The summed E-state index contributed by atoms with van der Waals surface area (Å²) in [6.45, 7) is 0. The lowest BCUT2D eigenvalue weighted by atomic mass is 10.0. The van der Waals surface area contributed by atoms with E-state index in [4.69, 9.17) is 4.98 Å². The Kier molecular flexibility index (Phi) is 4.10. The van der Waals surface area contributed by atoms with Crippen LogP contribution in [-0.4, -0.2) is 14.5 Å². The number of hydrogen-bond donors (Lipinski definition) is 0. The molecular formula is C34H17N3S3. The Morgan fingerprint density at radius 1 is 0.525 bits per heavy atom. The molecule has 0 fully saturated rings. The molecule has 0 atom stereocenters. The number of fused-ring (bicyclic) bond motifs is 15. The van der Waals surface area contributed by atoms with Gasteiger partial charge in [-0.05, 0) is 24.3 Å². The second kappa shape index (κ2) is 7.64. The number of rotatable bonds is 1. The lowest BCUT2D eigenvalue weighted by Gasteiger charge is -2.10. The van der Waals surface area contributed by atoms with Gasteiger partial charge >= 0.3 is 0 Å². The molecule has 0 saturated carbocycles. The van der Waals surface area contributed by atoms with Crippen LogP contribution in [0, 0.1) is 0 Å². The van der Waals surface area contributed by atoms with Crippen molar-refractivity contribution in [2.45, 2.75) is 0 Å². The maximum Gasteiger partial charge on any atom is 0.116 e. The molecule has 0 unspecified atom stereocenters. The molecule has 6 heteroatoms. The van der Waals surface area contributed by atoms with Gasteiger partial charge in [-0.2, -0.15) is 0 Å². The van der Waals surface area contributed by atoms with E-state index in [1.807, 2.05) is 40.2 Å². The van der Waals surface area contributed by atoms with Gasteiger partial charge in [0.2, 0.25) is 0 Å². The van der Waals surface area contributed by atoms with E-state index in [1.165, 1.54) is 77.9 Å². The third-order valence-corrected chi connectivity index (χ3v) is 11.7. The van der Waals surface area contributed by atoms with Crippen molar-refractivity contribution in [3.8, 4) is 5.69 Å². The highest BCUT2D eigenvalue weighted by atomic mass is 32.1. The number of nitrogens with zero attached hydrogens (tertiary/aromatic N) is 3. The first-order valence-corrected chi connectivity index (χ1v) is 15.6. The molecule has 5 aromatic heterocycles. The van der Waals surface area contributed by atoms with Crippen LogP contribution in [-0.2, 0) is 0 Å². The minimum absolute atomic E-state index is 1.05. The molecule has 0 aliphatic rings. The fraction of sp³-hybridized carbons (Fsp3) is 0. The van der Waals surface area contributed by atoms with Crippen molar-refractivity contribution in [2.24, 2.45) is 0 Å². The maximum absolute atomic E-state index is 4.83. The topological polar surface area (TPSA) is 30.7 Å². The highest BCUT2D eigenvalue weighted by Gasteiger charge is 2.25. The van der Waals surface area contributed by atoms with Crippen LogP contribution < -0.4 is 0 Å². The Morgan fingerprint density at radius 2 is 1.23 bits per heavy atom. The average Bonchev–Trinajstić information content (AvgIpc) is 3.75. The van der Waals surface area contributed by atoms with Crippen LogP contribution in [0.5, 0.6) is 0 Å². The van der Waals surface area contributed by atoms with E-state index in [9.17, 15) is 0 Å². The Bertz CT molecular complexity index is 2670. The van der Waals surface area contributed by atoms with Crippen LogP contribution >= 0.6 is 34.0 Å². The lowest BCUT2D eigenvalue weighted by Crippen LogP contribution is -1.94. The second-order valence-electron chi connectivity index (χ2n) is 10.2. The van der Waals surface area contributed by atoms with Gasteiger partial charge in [0, 0.05) is 58.0 Å². The van der Waals surface area contributed by atoms with E-state index in [2.05, 4.69) is 101 Å². The van der Waals surface area contributed by atoms with Gasteiger partial charge in [-0.15, -0.1) is 34.0 Å². The molecule has 5 aromatic carbocycles. The zero-order valence-electron chi connectivity index (χ0n) is 20.9. The van der Waals surface area contributed by atoms with Crippen LogP contribution in [0.15, 0.2) is 104 Å². The highest BCUT2D eigenvalue weighted by Crippen LogP contribution is 2.52. The van der Waals surface area contributed by atoms with Crippen LogP contribution in [0.25, 0.3) is 88.1 Å². The van der Waals surface area contributed by atoms with E-state index < -0.39 is 0 Å². The largest absolute Gasteiger partial charge is 0.306 e. The zero-order valence-corrected chi connectivity index (χ0v) is 23.3. The Balaban J connectivity index is 1.55. The normalized spacial score (nSPS) is 12.5. The third-order valence-electron chi connectivity index (χ3n) is 8.14. The molecule has 0 bridgehead atoms. The summed E-state index contributed by atoms with van der Waals surface area (Å²) < 4.78 is 10.2. The summed E-state index contributed by atoms with van der Waals surface area (Å²) in [4.78, 5) is 9.23. The van der Waals surface area contributed by atoms with E-state index in [0.717, 1.165) is 10.2 Å². The Morgan fingerprint density at radius 3 is 2.12 bits per heavy atom. The molecule has 0 aliphatic carbocycles. The summed E-state index contributed by atoms with van der Waals surface area (Å²) in [5, 5.41) is 9.13. The fourth-order valence-corrected chi connectivity index (χ4v) is 10.3. The van der Waals surface area contributed by atoms with Gasteiger partial charge in [0.1, 0.15) is 6.33 Å². The highest BCUT2D eigenvalue weighted by molar-refractivity contribution is 7.30. The molecule has 0 radical (unpaired) electrons. The molecule has 5 heterocycles. The molecule has 0 saturated heterocycles. The molecule has 3 nitrogen and oxygen atoms in total. The predicted molar refractivity (Wildman–Crippen MR) is 175 cm³/mol. The quantitative estimate of drug-likeness (QED) is 0.199. The summed E-state index contributed by atoms with van der Waals surface area (Å²) in [7, 11) is 0. The number of benzene rings is 5. The number of hydrogen-bond acceptors (Lipinski definition) is 5. The van der Waals surface area contributed by atoms with Gasteiger partial charge < -0.3 is 4.57 Å². The van der Waals surface area contributed by atoms with Crippen LogP contribution in [0.2, 0.25) is 0 Å². The number of aromatic nitrogens is 3. The summed E-state index contributed by atoms with van der Waals surface area (Å²) in [6.07, 6.45) is 3.66. The van der Waals surface area contributed by atoms with Crippen LogP contribution in [0.1, 0.15) is 0 Å². The van der Waals surface area contributed by atoms with Gasteiger partial charge in [-0.3, -0.25) is 0 Å². The summed E-state index contributed by atoms with van der Waals surface area (Å²) in [5.74, 6) is 0. The van der Waals surface area contributed by atoms with Crippen molar-refractivity contribution in [1.29, 1.82) is 0 Å². The van der Waals surface area contributed by atoms with E-state index in [0.29, 0.717) is 0 Å². The first kappa shape index (κ1) is 21.5. The van der Waals surface area contributed by atoms with Crippen molar-refractivity contribution >= 4 is 116 Å². The fourth-order valence-electron chi connectivity index (χ4n) is 6.56. The molecule has 0 aliphatic heterocycles. The van der Waals surface area contributed by atoms with Crippen molar-refractivity contribution in [3.05, 3.63) is 104 Å². The lowest BCUT2D eigenvalue weighted by molar-refractivity contribution is 1.21. The summed E-state index contributed by atoms with van der Waals surface area (Å²) in [6, 6.07) is 33.3. The average molecular weight is 564 g/mol. The molecule has 0 N–H and O–H groups in total. The van der Waals surface area contributed by atoms with Crippen molar-refractivity contribution in [3.63, 3.8) is 0 Å². The van der Waals surface area contributed by atoms with Gasteiger partial charge in [-0.25, -0.2) is 9.97 Å². The Labute approximate surface area is 239 Å². The Hall–Kier alpha value is -4.36. The first-order chi connectivity index (χ1) is 19.9. The van der Waals surface area contributed by atoms with E-state index in [1.54, 1.807) is 6.33 Å².